The largest absolute Gasteiger partial charge is 0.296 e. The summed E-state index contributed by atoms with van der Waals surface area (Å²) in [6.07, 6.45) is 2.37. The standard InChI is InChI=1S/C11H15ClFNSi/c1-15(2,3)8-14-7-9-5-4-6-10(12)11(9)13/h4-7H,8H2,1-3H3. The fourth-order valence-electron chi connectivity index (χ4n) is 1.04. The van der Waals surface area contributed by atoms with Crippen LogP contribution < -0.4 is 0 Å². The van der Waals surface area contributed by atoms with E-state index in [-0.39, 0.29) is 5.02 Å². The van der Waals surface area contributed by atoms with Crippen LogP contribution in [-0.4, -0.2) is 20.5 Å². The number of halogens is 2. The lowest BCUT2D eigenvalue weighted by Gasteiger charge is -2.10. The van der Waals surface area contributed by atoms with Gasteiger partial charge < -0.3 is 0 Å². The monoisotopic (exact) mass is 243 g/mol. The summed E-state index contributed by atoms with van der Waals surface area (Å²) < 4.78 is 13.4. The van der Waals surface area contributed by atoms with E-state index in [4.69, 9.17) is 11.6 Å². The van der Waals surface area contributed by atoms with E-state index in [0.29, 0.717) is 5.56 Å². The molecule has 0 saturated heterocycles. The van der Waals surface area contributed by atoms with Crippen molar-refractivity contribution in [1.29, 1.82) is 0 Å². The van der Waals surface area contributed by atoms with Gasteiger partial charge in [-0.15, -0.1) is 0 Å². The Bertz CT molecular complexity index is 371. The van der Waals surface area contributed by atoms with E-state index in [9.17, 15) is 4.39 Å². The molecule has 0 fully saturated rings. The van der Waals surface area contributed by atoms with Crippen molar-refractivity contribution in [3.8, 4) is 0 Å². The summed E-state index contributed by atoms with van der Waals surface area (Å²) in [5, 5.41) is 0.145. The molecule has 1 rings (SSSR count). The van der Waals surface area contributed by atoms with Gasteiger partial charge in [-0.05, 0) is 6.07 Å². The minimum absolute atomic E-state index is 0.145. The van der Waals surface area contributed by atoms with Crippen LogP contribution in [0.3, 0.4) is 0 Å². The molecule has 1 nitrogen and oxygen atoms in total. The zero-order chi connectivity index (χ0) is 11.5. The molecule has 0 aliphatic rings. The predicted octanol–water partition coefficient (Wildman–Crippen LogP) is 3.78. The summed E-state index contributed by atoms with van der Waals surface area (Å²) in [7, 11) is -1.20. The van der Waals surface area contributed by atoms with Gasteiger partial charge in [-0.25, -0.2) is 4.39 Å². The van der Waals surface area contributed by atoms with Crippen molar-refractivity contribution in [3.63, 3.8) is 0 Å². The molecule has 0 heterocycles. The second kappa shape index (κ2) is 4.90. The molecule has 1 aromatic carbocycles. The van der Waals surface area contributed by atoms with Gasteiger partial charge in [0.15, 0.2) is 5.82 Å². The molecule has 0 unspecified atom stereocenters. The van der Waals surface area contributed by atoms with E-state index in [1.54, 1.807) is 18.3 Å². The molecule has 0 aliphatic carbocycles. The molecule has 15 heavy (non-hydrogen) atoms. The average Bonchev–Trinajstić information content (AvgIpc) is 2.10. The average molecular weight is 244 g/mol. The van der Waals surface area contributed by atoms with Crippen molar-refractivity contribution in [3.05, 3.63) is 34.6 Å². The van der Waals surface area contributed by atoms with Gasteiger partial charge in [0.25, 0.3) is 0 Å². The molecule has 0 saturated carbocycles. The highest BCUT2D eigenvalue weighted by molar-refractivity contribution is 6.76. The van der Waals surface area contributed by atoms with Crippen LogP contribution in [0.15, 0.2) is 23.2 Å². The number of hydrogen-bond acceptors (Lipinski definition) is 1. The maximum absolute atomic E-state index is 13.4. The Kier molecular flexibility index (Phi) is 4.05. The first-order valence-electron chi connectivity index (χ1n) is 4.84. The quantitative estimate of drug-likeness (QED) is 0.566. The first-order chi connectivity index (χ1) is 6.90. The van der Waals surface area contributed by atoms with Crippen LogP contribution in [0.1, 0.15) is 5.56 Å². The van der Waals surface area contributed by atoms with Gasteiger partial charge in [-0.3, -0.25) is 4.99 Å². The SMILES string of the molecule is C[Si](C)(C)CN=Cc1cccc(Cl)c1F. The lowest BCUT2D eigenvalue weighted by Crippen LogP contribution is -2.24. The van der Waals surface area contributed by atoms with Crippen LogP contribution in [0.4, 0.5) is 4.39 Å². The summed E-state index contributed by atoms with van der Waals surface area (Å²) in [5.41, 5.74) is 0.459. The molecule has 1 aromatic rings. The lowest BCUT2D eigenvalue weighted by molar-refractivity contribution is 0.626. The van der Waals surface area contributed by atoms with Crippen molar-refractivity contribution >= 4 is 25.9 Å². The fraction of sp³-hybridized carbons (Fsp3) is 0.364. The Morgan fingerprint density at radius 3 is 2.67 bits per heavy atom. The van der Waals surface area contributed by atoms with Gasteiger partial charge in [0.2, 0.25) is 0 Å². The molecule has 82 valence electrons. The maximum atomic E-state index is 13.4. The van der Waals surface area contributed by atoms with Gasteiger partial charge in [0.1, 0.15) is 0 Å². The van der Waals surface area contributed by atoms with Gasteiger partial charge >= 0.3 is 0 Å². The van der Waals surface area contributed by atoms with E-state index in [0.717, 1.165) is 6.17 Å². The van der Waals surface area contributed by atoms with Crippen LogP contribution >= 0.6 is 11.6 Å². The smallest absolute Gasteiger partial charge is 0.150 e. The summed E-state index contributed by atoms with van der Waals surface area (Å²) in [6, 6.07) is 4.93. The van der Waals surface area contributed by atoms with Crippen LogP contribution in [0.2, 0.25) is 24.7 Å². The van der Waals surface area contributed by atoms with E-state index >= 15 is 0 Å². The Morgan fingerprint density at radius 2 is 2.07 bits per heavy atom. The Morgan fingerprint density at radius 1 is 1.40 bits per heavy atom. The van der Waals surface area contributed by atoms with Gasteiger partial charge in [0.05, 0.1) is 13.1 Å². The number of rotatable bonds is 3. The van der Waals surface area contributed by atoms with Crippen LogP contribution in [0.25, 0.3) is 0 Å². The number of nitrogens with zero attached hydrogens (tertiary/aromatic N) is 1. The van der Waals surface area contributed by atoms with E-state index in [1.807, 2.05) is 0 Å². The van der Waals surface area contributed by atoms with E-state index < -0.39 is 13.9 Å². The number of benzene rings is 1. The highest BCUT2D eigenvalue weighted by atomic mass is 35.5. The molecule has 0 bridgehead atoms. The van der Waals surface area contributed by atoms with Gasteiger partial charge in [-0.1, -0.05) is 43.4 Å². The second-order valence-electron chi connectivity index (χ2n) is 4.67. The van der Waals surface area contributed by atoms with Crippen LogP contribution in [0.5, 0.6) is 0 Å². The molecule has 4 heteroatoms. The van der Waals surface area contributed by atoms with Gasteiger partial charge in [0, 0.05) is 17.9 Å². The van der Waals surface area contributed by atoms with Crippen molar-refractivity contribution in [2.24, 2.45) is 4.99 Å². The highest BCUT2D eigenvalue weighted by Crippen LogP contribution is 2.16. The lowest BCUT2D eigenvalue weighted by atomic mass is 10.2. The first kappa shape index (κ1) is 12.4. The van der Waals surface area contributed by atoms with Crippen molar-refractivity contribution in [2.75, 3.05) is 6.17 Å². The van der Waals surface area contributed by atoms with Crippen molar-refractivity contribution < 1.29 is 4.39 Å². The zero-order valence-electron chi connectivity index (χ0n) is 9.22. The van der Waals surface area contributed by atoms with E-state index in [1.165, 1.54) is 6.07 Å². The second-order valence-corrected chi connectivity index (χ2v) is 10.5. The third kappa shape index (κ3) is 4.14. The van der Waals surface area contributed by atoms with Crippen molar-refractivity contribution in [1.82, 2.24) is 0 Å². The Labute approximate surface area is 96.0 Å². The minimum Gasteiger partial charge on any atom is -0.296 e. The molecular formula is C11H15ClFNSi. The Balaban J connectivity index is 2.77. The number of hydrogen-bond donors (Lipinski definition) is 0. The van der Waals surface area contributed by atoms with E-state index in [2.05, 4.69) is 24.6 Å². The molecule has 0 aromatic heterocycles. The van der Waals surface area contributed by atoms with Crippen LogP contribution in [-0.2, 0) is 0 Å². The summed E-state index contributed by atoms with van der Waals surface area (Å²) in [5.74, 6) is -0.390. The topological polar surface area (TPSA) is 12.4 Å². The third-order valence-corrected chi connectivity index (χ3v) is 3.20. The third-order valence-electron chi connectivity index (χ3n) is 1.78. The molecular weight excluding hydrogens is 229 g/mol. The maximum Gasteiger partial charge on any atom is 0.150 e. The van der Waals surface area contributed by atoms with Gasteiger partial charge in [-0.2, -0.15) is 0 Å². The fourth-order valence-corrected chi connectivity index (χ4v) is 1.86. The Hall–Kier alpha value is -0.673. The normalized spacial score (nSPS) is 12.3. The summed E-state index contributed by atoms with van der Waals surface area (Å²) >= 11 is 5.65. The predicted molar refractivity (Wildman–Crippen MR) is 67.2 cm³/mol. The number of aliphatic imine (C=N–C) groups is 1. The molecule has 0 N–H and O–H groups in total. The molecule has 0 spiro atoms. The highest BCUT2D eigenvalue weighted by Gasteiger charge is 2.11. The van der Waals surface area contributed by atoms with Crippen LogP contribution in [0, 0.1) is 5.82 Å². The first-order valence-corrected chi connectivity index (χ1v) is 8.92. The molecule has 0 atom stereocenters. The molecule has 0 amide bonds. The summed E-state index contributed by atoms with van der Waals surface area (Å²) in [6.45, 7) is 6.66. The minimum atomic E-state index is -1.20. The summed E-state index contributed by atoms with van der Waals surface area (Å²) in [4.78, 5) is 4.25. The molecule has 0 radical (unpaired) electrons. The molecule has 0 aliphatic heterocycles. The zero-order valence-corrected chi connectivity index (χ0v) is 11.0. The van der Waals surface area contributed by atoms with Crippen molar-refractivity contribution in [2.45, 2.75) is 19.6 Å².